The Hall–Kier alpha value is -3.96. The lowest BCUT2D eigenvalue weighted by Crippen LogP contribution is -2.49. The molecule has 2 aromatic heterocycles. The Bertz CT molecular complexity index is 1530. The van der Waals surface area contributed by atoms with Gasteiger partial charge in [0.05, 0.1) is 11.9 Å². The summed E-state index contributed by atoms with van der Waals surface area (Å²) in [7, 11) is -2.30. The van der Waals surface area contributed by atoms with Crippen LogP contribution in [0.3, 0.4) is 0 Å². The minimum absolute atomic E-state index is 0.0151. The molecule has 0 amide bonds. The van der Waals surface area contributed by atoms with Gasteiger partial charge >= 0.3 is 0 Å². The number of aromatic nitrogens is 4. The molecule has 1 fully saturated rings. The fourth-order valence-electron chi connectivity index (χ4n) is 4.64. The highest BCUT2D eigenvalue weighted by Crippen LogP contribution is 2.31. The zero-order valence-corrected chi connectivity index (χ0v) is 22.7. The van der Waals surface area contributed by atoms with Gasteiger partial charge in [0.15, 0.2) is 0 Å². The van der Waals surface area contributed by atoms with E-state index in [1.54, 1.807) is 13.1 Å². The molecule has 11 heteroatoms. The van der Waals surface area contributed by atoms with Gasteiger partial charge in [-0.3, -0.25) is 4.68 Å². The third-order valence-electron chi connectivity index (χ3n) is 6.55. The Morgan fingerprint density at radius 2 is 1.82 bits per heavy atom. The number of benzene rings is 2. The van der Waals surface area contributed by atoms with Gasteiger partial charge in [-0.15, -0.1) is 0 Å². The van der Waals surface area contributed by atoms with Gasteiger partial charge in [-0.2, -0.15) is 10.1 Å². The van der Waals surface area contributed by atoms with Crippen LogP contribution in [0.4, 0.5) is 11.6 Å². The van der Waals surface area contributed by atoms with Crippen LogP contribution in [0.5, 0.6) is 11.6 Å². The third kappa shape index (κ3) is 5.48. The maximum Gasteiger partial charge on any atom is 0.267 e. The van der Waals surface area contributed by atoms with Crippen LogP contribution in [-0.2, 0) is 17.1 Å². The first-order chi connectivity index (χ1) is 18.2. The Labute approximate surface area is 222 Å². The summed E-state index contributed by atoms with van der Waals surface area (Å²) in [5.74, 6) is 0.726. The number of aryl methyl sites for hydroxylation is 3. The molecule has 10 nitrogen and oxygen atoms in total. The lowest BCUT2D eigenvalue weighted by molar-refractivity contribution is 0.462. The predicted octanol–water partition coefficient (Wildman–Crippen LogP) is 3.89. The standard InChI is InChI=1S/C27H31N7O3S/c1-18-6-5-7-19(2)26(18)24-14-25(31-27(30-24)32-38(35,36)23-16-29-33(4)17-23)37-22-10-8-21(9-11-22)34-13-12-28-15-20(34)3/h5-11,14,16-17,20,28H,12-13,15H2,1-4H3,(H,30,31,32). The van der Waals surface area contributed by atoms with Crippen LogP contribution in [0, 0.1) is 13.8 Å². The van der Waals surface area contributed by atoms with Crippen molar-refractivity contribution in [2.24, 2.45) is 7.05 Å². The topological polar surface area (TPSA) is 114 Å². The fraction of sp³-hybridized carbons (Fsp3) is 0.296. The van der Waals surface area contributed by atoms with Crippen molar-refractivity contribution in [3.8, 4) is 22.9 Å². The van der Waals surface area contributed by atoms with Crippen molar-refractivity contribution >= 4 is 21.7 Å². The van der Waals surface area contributed by atoms with E-state index >= 15 is 0 Å². The van der Waals surface area contributed by atoms with Crippen molar-refractivity contribution in [2.45, 2.75) is 31.7 Å². The number of nitrogens with zero attached hydrogens (tertiary/aromatic N) is 5. The lowest BCUT2D eigenvalue weighted by Gasteiger charge is -2.35. The molecule has 3 heterocycles. The summed E-state index contributed by atoms with van der Waals surface area (Å²) in [5.41, 5.74) is 4.58. The van der Waals surface area contributed by atoms with Gasteiger partial charge in [0.2, 0.25) is 11.8 Å². The van der Waals surface area contributed by atoms with Crippen molar-refractivity contribution < 1.29 is 13.2 Å². The zero-order valence-electron chi connectivity index (χ0n) is 21.8. The first kappa shape index (κ1) is 25.7. The van der Waals surface area contributed by atoms with E-state index in [-0.39, 0.29) is 16.7 Å². The monoisotopic (exact) mass is 533 g/mol. The molecule has 2 N–H and O–H groups in total. The molecule has 1 atom stereocenters. The highest BCUT2D eigenvalue weighted by Gasteiger charge is 2.21. The maximum absolute atomic E-state index is 13.0. The molecule has 0 radical (unpaired) electrons. The summed E-state index contributed by atoms with van der Waals surface area (Å²) in [6, 6.07) is 15.9. The van der Waals surface area contributed by atoms with Crippen molar-refractivity contribution in [1.29, 1.82) is 0 Å². The minimum atomic E-state index is -3.95. The van der Waals surface area contributed by atoms with Crippen molar-refractivity contribution in [2.75, 3.05) is 29.3 Å². The molecule has 0 spiro atoms. The Balaban J connectivity index is 1.48. The largest absolute Gasteiger partial charge is 0.439 e. The quantitative estimate of drug-likeness (QED) is 0.368. The minimum Gasteiger partial charge on any atom is -0.439 e. The molecule has 1 aliphatic heterocycles. The summed E-state index contributed by atoms with van der Waals surface area (Å²) < 4.78 is 36.0. The van der Waals surface area contributed by atoms with Crippen LogP contribution in [0.25, 0.3) is 11.3 Å². The van der Waals surface area contributed by atoms with Crippen LogP contribution >= 0.6 is 0 Å². The van der Waals surface area contributed by atoms with Gasteiger partial charge < -0.3 is 15.0 Å². The van der Waals surface area contributed by atoms with E-state index in [0.29, 0.717) is 17.5 Å². The summed E-state index contributed by atoms with van der Waals surface area (Å²) in [6.45, 7) is 8.99. The average molecular weight is 534 g/mol. The molecular weight excluding hydrogens is 502 g/mol. The molecule has 2 aromatic carbocycles. The SMILES string of the molecule is Cc1cccc(C)c1-c1cc(Oc2ccc(N3CCNCC3C)cc2)nc(NS(=O)(=O)c2cnn(C)c2)n1. The summed E-state index contributed by atoms with van der Waals surface area (Å²) in [6.07, 6.45) is 2.69. The van der Waals surface area contributed by atoms with Crippen molar-refractivity contribution in [3.63, 3.8) is 0 Å². The number of anilines is 2. The van der Waals surface area contributed by atoms with Gasteiger partial charge in [-0.05, 0) is 56.2 Å². The number of rotatable bonds is 7. The molecule has 0 aliphatic carbocycles. The van der Waals surface area contributed by atoms with Crippen LogP contribution in [-0.4, -0.2) is 53.8 Å². The number of hydrogen-bond acceptors (Lipinski definition) is 8. The van der Waals surface area contributed by atoms with Gasteiger partial charge in [0.1, 0.15) is 10.6 Å². The Morgan fingerprint density at radius 3 is 2.47 bits per heavy atom. The Morgan fingerprint density at radius 1 is 1.08 bits per heavy atom. The van der Waals surface area contributed by atoms with Crippen LogP contribution < -0.4 is 19.7 Å². The van der Waals surface area contributed by atoms with Crippen LogP contribution in [0.1, 0.15) is 18.1 Å². The molecule has 38 heavy (non-hydrogen) atoms. The van der Waals surface area contributed by atoms with Crippen molar-refractivity contribution in [1.82, 2.24) is 25.1 Å². The molecule has 198 valence electrons. The molecular formula is C27H31N7O3S. The van der Waals surface area contributed by atoms with E-state index in [9.17, 15) is 8.42 Å². The molecule has 0 saturated carbocycles. The van der Waals surface area contributed by atoms with Crippen LogP contribution in [0.15, 0.2) is 65.8 Å². The third-order valence-corrected chi connectivity index (χ3v) is 7.83. The van der Waals surface area contributed by atoms with Crippen LogP contribution in [0.2, 0.25) is 0 Å². The molecule has 4 aromatic rings. The van der Waals surface area contributed by atoms with Gasteiger partial charge in [0, 0.05) is 56.2 Å². The molecule has 1 aliphatic rings. The van der Waals surface area contributed by atoms with E-state index in [1.165, 1.54) is 17.1 Å². The average Bonchev–Trinajstić information content (AvgIpc) is 3.32. The van der Waals surface area contributed by atoms with E-state index < -0.39 is 10.0 Å². The zero-order chi connectivity index (χ0) is 26.9. The highest BCUT2D eigenvalue weighted by atomic mass is 32.2. The second kappa shape index (κ2) is 10.4. The number of piperazine rings is 1. The van der Waals surface area contributed by atoms with Gasteiger partial charge in [-0.25, -0.2) is 18.1 Å². The first-order valence-electron chi connectivity index (χ1n) is 12.4. The maximum atomic E-state index is 13.0. The second-order valence-corrected chi connectivity index (χ2v) is 11.2. The highest BCUT2D eigenvalue weighted by molar-refractivity contribution is 7.92. The van der Waals surface area contributed by atoms with Gasteiger partial charge in [0.25, 0.3) is 10.0 Å². The predicted molar refractivity (Wildman–Crippen MR) is 147 cm³/mol. The van der Waals surface area contributed by atoms with E-state index in [0.717, 1.165) is 42.0 Å². The number of nitrogens with one attached hydrogen (secondary N) is 2. The smallest absolute Gasteiger partial charge is 0.267 e. The summed E-state index contributed by atoms with van der Waals surface area (Å²) in [4.78, 5) is 11.3. The van der Waals surface area contributed by atoms with E-state index in [1.807, 2.05) is 56.3 Å². The number of ether oxygens (including phenoxy) is 1. The van der Waals surface area contributed by atoms with E-state index in [2.05, 4.69) is 36.9 Å². The molecule has 0 bridgehead atoms. The lowest BCUT2D eigenvalue weighted by atomic mass is 10.00. The molecule has 1 unspecified atom stereocenters. The number of hydrogen-bond donors (Lipinski definition) is 2. The number of sulfonamides is 1. The molecule has 5 rings (SSSR count). The normalized spacial score (nSPS) is 15.9. The summed E-state index contributed by atoms with van der Waals surface area (Å²) >= 11 is 0. The van der Waals surface area contributed by atoms with Crippen molar-refractivity contribution in [3.05, 3.63) is 72.1 Å². The summed E-state index contributed by atoms with van der Waals surface area (Å²) in [5, 5.41) is 7.36. The Kier molecular flexibility index (Phi) is 7.04. The fourth-order valence-corrected chi connectivity index (χ4v) is 5.56. The van der Waals surface area contributed by atoms with E-state index in [4.69, 9.17) is 4.74 Å². The second-order valence-electron chi connectivity index (χ2n) is 9.48. The molecule has 1 saturated heterocycles. The van der Waals surface area contributed by atoms with Gasteiger partial charge in [-0.1, -0.05) is 18.2 Å². The first-order valence-corrected chi connectivity index (χ1v) is 13.9.